The second-order valence-electron chi connectivity index (χ2n) is 6.05. The largest absolute Gasteiger partial charge is 0.273 e. The van der Waals surface area contributed by atoms with Crippen LogP contribution in [0.4, 0.5) is 0 Å². The van der Waals surface area contributed by atoms with E-state index >= 15 is 0 Å². The van der Waals surface area contributed by atoms with Crippen molar-refractivity contribution in [3.63, 3.8) is 0 Å². The minimum atomic E-state index is -3.11. The van der Waals surface area contributed by atoms with E-state index in [0.717, 1.165) is 28.2 Å². The van der Waals surface area contributed by atoms with Crippen LogP contribution < -0.4 is 5.43 Å². The number of hydrogen-bond acceptors (Lipinski definition) is 5. The van der Waals surface area contributed by atoms with Crippen LogP contribution in [-0.2, 0) is 20.4 Å². The molecule has 1 fully saturated rings. The van der Waals surface area contributed by atoms with E-state index in [9.17, 15) is 13.2 Å². The van der Waals surface area contributed by atoms with Crippen molar-refractivity contribution >= 4 is 44.4 Å². The number of thiophene rings is 1. The van der Waals surface area contributed by atoms with Crippen LogP contribution in [0.5, 0.6) is 0 Å². The smallest absolute Gasteiger partial charge is 0.243 e. The molecule has 1 aliphatic carbocycles. The summed E-state index contributed by atoms with van der Waals surface area (Å²) in [7, 11) is -3.11. The summed E-state index contributed by atoms with van der Waals surface area (Å²) in [5.41, 5.74) is 4.01. The number of hydrogen-bond donors (Lipinski definition) is 1. The summed E-state index contributed by atoms with van der Waals surface area (Å²) < 4.78 is 23.0. The minimum Gasteiger partial charge on any atom is -0.273 e. The monoisotopic (exact) mass is 396 g/mol. The first-order valence-electron chi connectivity index (χ1n) is 7.72. The van der Waals surface area contributed by atoms with E-state index in [2.05, 4.69) is 10.5 Å². The Morgan fingerprint density at radius 3 is 2.52 bits per heavy atom. The van der Waals surface area contributed by atoms with Gasteiger partial charge in [-0.25, -0.2) is 13.8 Å². The number of sulfone groups is 1. The van der Waals surface area contributed by atoms with E-state index in [1.165, 1.54) is 17.6 Å². The molecule has 1 aliphatic rings. The summed E-state index contributed by atoms with van der Waals surface area (Å²) in [5, 5.41) is 4.91. The van der Waals surface area contributed by atoms with E-state index < -0.39 is 9.84 Å². The fourth-order valence-corrected chi connectivity index (χ4v) is 4.69. The molecule has 5 nitrogen and oxygen atoms in total. The Morgan fingerprint density at radius 2 is 1.92 bits per heavy atom. The molecule has 0 saturated heterocycles. The molecule has 2 aromatic rings. The minimum absolute atomic E-state index is 0.0139. The molecule has 1 N–H and O–H groups in total. The van der Waals surface area contributed by atoms with Crippen molar-refractivity contribution in [3.05, 3.63) is 56.7 Å². The molecular formula is C17H17ClN2O3S2. The molecule has 132 valence electrons. The van der Waals surface area contributed by atoms with Gasteiger partial charge in [-0.1, -0.05) is 23.7 Å². The first-order chi connectivity index (χ1) is 11.8. The highest BCUT2D eigenvalue weighted by Crippen LogP contribution is 2.29. The third kappa shape index (κ3) is 5.14. The Labute approximate surface area is 155 Å². The third-order valence-electron chi connectivity index (χ3n) is 3.64. The number of amides is 1. The molecule has 0 radical (unpaired) electrons. The highest BCUT2D eigenvalue weighted by molar-refractivity contribution is 7.90. The second kappa shape index (κ2) is 7.27. The maximum atomic E-state index is 11.9. The van der Waals surface area contributed by atoms with E-state index in [4.69, 9.17) is 11.6 Å². The lowest BCUT2D eigenvalue weighted by molar-refractivity contribution is -0.122. The quantitative estimate of drug-likeness (QED) is 0.601. The predicted octanol–water partition coefficient (Wildman–Crippen LogP) is 3.22. The lowest BCUT2D eigenvalue weighted by Gasteiger charge is -2.06. The molecule has 0 aliphatic heterocycles. The average molecular weight is 397 g/mol. The first-order valence-corrected chi connectivity index (χ1v) is 11.0. The molecular weight excluding hydrogens is 380 g/mol. The molecule has 1 saturated carbocycles. The van der Waals surface area contributed by atoms with Gasteiger partial charge in [-0.05, 0) is 37.1 Å². The second-order valence-corrected chi connectivity index (χ2v) is 9.80. The van der Waals surface area contributed by atoms with Gasteiger partial charge in [0.25, 0.3) is 0 Å². The van der Waals surface area contributed by atoms with Gasteiger partial charge < -0.3 is 0 Å². The summed E-state index contributed by atoms with van der Waals surface area (Å²) in [6, 6.07) is 10.7. The summed E-state index contributed by atoms with van der Waals surface area (Å²) in [4.78, 5) is 13.4. The van der Waals surface area contributed by atoms with Crippen molar-refractivity contribution in [1.82, 2.24) is 5.43 Å². The molecule has 0 spiro atoms. The Bertz CT molecular complexity index is 914. The van der Waals surface area contributed by atoms with Crippen molar-refractivity contribution in [2.45, 2.75) is 18.6 Å². The number of nitrogens with one attached hydrogen (secondary N) is 1. The Hall–Kier alpha value is -1.70. The van der Waals surface area contributed by atoms with Gasteiger partial charge in [-0.2, -0.15) is 5.10 Å². The van der Waals surface area contributed by atoms with Crippen molar-refractivity contribution < 1.29 is 13.2 Å². The zero-order valence-electron chi connectivity index (χ0n) is 13.5. The molecule has 25 heavy (non-hydrogen) atoms. The van der Waals surface area contributed by atoms with Crippen molar-refractivity contribution in [3.8, 4) is 0 Å². The number of benzene rings is 1. The molecule has 0 atom stereocenters. The molecule has 0 unspecified atom stereocenters. The van der Waals surface area contributed by atoms with E-state index in [1.807, 2.05) is 18.2 Å². The Morgan fingerprint density at radius 1 is 1.24 bits per heavy atom. The number of carbonyl (C=O) groups is 1. The van der Waals surface area contributed by atoms with Crippen LogP contribution in [0.15, 0.2) is 41.5 Å². The summed E-state index contributed by atoms with van der Waals surface area (Å²) in [6.45, 7) is 0. The SMILES string of the molecule is CS(=O)(=O)Cc1ccc(C(=NNC(=O)C2CC2)c2ccc(Cl)cc2)s1. The fraction of sp³-hybridized carbons (Fsp3) is 0.294. The van der Waals surface area contributed by atoms with Crippen LogP contribution in [0, 0.1) is 5.92 Å². The summed E-state index contributed by atoms with van der Waals surface area (Å²) >= 11 is 7.29. The van der Waals surface area contributed by atoms with Crippen LogP contribution in [0.25, 0.3) is 0 Å². The maximum absolute atomic E-state index is 11.9. The van der Waals surface area contributed by atoms with E-state index in [0.29, 0.717) is 10.7 Å². The summed E-state index contributed by atoms with van der Waals surface area (Å²) in [5.74, 6) is -0.0428. The van der Waals surface area contributed by atoms with Crippen molar-refractivity contribution in [1.29, 1.82) is 0 Å². The lowest BCUT2D eigenvalue weighted by Crippen LogP contribution is -2.21. The highest BCUT2D eigenvalue weighted by atomic mass is 35.5. The van der Waals surface area contributed by atoms with E-state index in [-0.39, 0.29) is 17.6 Å². The standard InChI is InChI=1S/C17H17ClN2O3S2/c1-25(22,23)10-14-8-9-15(24-14)16(11-4-6-13(18)7-5-11)19-20-17(21)12-2-3-12/h4-9,12H,2-3,10H2,1H3,(H,20,21). The number of nitrogens with zero attached hydrogens (tertiary/aromatic N) is 1. The Kier molecular flexibility index (Phi) is 5.27. The topological polar surface area (TPSA) is 75.6 Å². The van der Waals surface area contributed by atoms with Crippen molar-refractivity contribution in [2.75, 3.05) is 6.26 Å². The van der Waals surface area contributed by atoms with Crippen LogP contribution in [0.3, 0.4) is 0 Å². The molecule has 3 rings (SSSR count). The Balaban J connectivity index is 1.91. The molecule has 0 bridgehead atoms. The van der Waals surface area contributed by atoms with Gasteiger partial charge in [0.05, 0.1) is 10.6 Å². The van der Waals surface area contributed by atoms with Crippen LogP contribution in [0.1, 0.15) is 28.2 Å². The van der Waals surface area contributed by atoms with Gasteiger partial charge in [0, 0.05) is 27.6 Å². The van der Waals surface area contributed by atoms with Gasteiger partial charge in [0.1, 0.15) is 5.71 Å². The number of hydrazone groups is 1. The van der Waals surface area contributed by atoms with Crippen LogP contribution >= 0.6 is 22.9 Å². The number of rotatable bonds is 6. The number of halogens is 1. The molecule has 1 amide bonds. The zero-order valence-corrected chi connectivity index (χ0v) is 15.9. The van der Waals surface area contributed by atoms with Gasteiger partial charge in [-0.3, -0.25) is 4.79 Å². The molecule has 1 heterocycles. The van der Waals surface area contributed by atoms with Gasteiger partial charge in [0.15, 0.2) is 9.84 Å². The van der Waals surface area contributed by atoms with E-state index in [1.54, 1.807) is 18.2 Å². The molecule has 1 aromatic heterocycles. The summed E-state index contributed by atoms with van der Waals surface area (Å²) in [6.07, 6.45) is 3.00. The van der Waals surface area contributed by atoms with Gasteiger partial charge in [-0.15, -0.1) is 11.3 Å². The van der Waals surface area contributed by atoms with Crippen LogP contribution in [0.2, 0.25) is 5.02 Å². The number of carbonyl (C=O) groups excluding carboxylic acids is 1. The van der Waals surface area contributed by atoms with Crippen molar-refractivity contribution in [2.24, 2.45) is 11.0 Å². The van der Waals surface area contributed by atoms with Gasteiger partial charge >= 0.3 is 0 Å². The maximum Gasteiger partial charge on any atom is 0.243 e. The predicted molar refractivity (Wildman–Crippen MR) is 101 cm³/mol. The lowest BCUT2D eigenvalue weighted by atomic mass is 10.1. The molecule has 1 aromatic carbocycles. The third-order valence-corrected chi connectivity index (χ3v) is 6.01. The first kappa shape index (κ1) is 18.1. The van der Waals surface area contributed by atoms with Crippen LogP contribution in [-0.4, -0.2) is 26.3 Å². The molecule has 8 heteroatoms. The zero-order chi connectivity index (χ0) is 18.0. The average Bonchev–Trinajstić information content (AvgIpc) is 3.29. The normalized spacial score (nSPS) is 15.2. The highest BCUT2D eigenvalue weighted by Gasteiger charge is 2.29. The fourth-order valence-electron chi connectivity index (χ4n) is 2.26. The van der Waals surface area contributed by atoms with Gasteiger partial charge in [0.2, 0.25) is 5.91 Å².